The number of fused-ring (bicyclic) bond motifs is 1. The van der Waals surface area contributed by atoms with E-state index in [1.54, 1.807) is 25.7 Å². The molecule has 2 aliphatic carbocycles. The second kappa shape index (κ2) is 2.00. The molecule has 0 bridgehead atoms. The minimum absolute atomic E-state index is 1.06. The average molecular weight is 124 g/mol. The monoisotopic (exact) mass is 124 g/mol. The van der Waals surface area contributed by atoms with Crippen LogP contribution in [0.1, 0.15) is 39.0 Å². The molecule has 0 heteroatoms. The van der Waals surface area contributed by atoms with Crippen molar-refractivity contribution in [2.24, 2.45) is 17.8 Å². The molecule has 0 aromatic carbocycles. The van der Waals surface area contributed by atoms with E-state index in [1.807, 2.05) is 0 Å². The van der Waals surface area contributed by atoms with E-state index in [0.29, 0.717) is 0 Å². The molecule has 0 aromatic rings. The van der Waals surface area contributed by atoms with Crippen LogP contribution in [0.5, 0.6) is 0 Å². The van der Waals surface area contributed by atoms with Crippen LogP contribution in [0, 0.1) is 17.8 Å². The SMILES string of the molecule is CC1CC2CCCC2C1. The summed E-state index contributed by atoms with van der Waals surface area (Å²) in [5, 5.41) is 0. The van der Waals surface area contributed by atoms with Crippen molar-refractivity contribution in [2.75, 3.05) is 0 Å². The van der Waals surface area contributed by atoms with E-state index in [4.69, 9.17) is 0 Å². The standard InChI is InChI=1S/C9H16/c1-7-5-8-3-2-4-9(8)6-7/h7-9H,2-6H2,1H3. The summed E-state index contributed by atoms with van der Waals surface area (Å²) in [7, 11) is 0. The molecule has 2 atom stereocenters. The molecule has 0 amide bonds. The number of hydrogen-bond acceptors (Lipinski definition) is 0. The van der Waals surface area contributed by atoms with Gasteiger partial charge in [0.25, 0.3) is 0 Å². The molecule has 0 nitrogen and oxygen atoms in total. The van der Waals surface area contributed by atoms with E-state index < -0.39 is 0 Å². The Morgan fingerprint density at radius 3 is 2.11 bits per heavy atom. The third kappa shape index (κ3) is 0.889. The zero-order chi connectivity index (χ0) is 6.27. The lowest BCUT2D eigenvalue weighted by Crippen LogP contribution is -1.95. The minimum Gasteiger partial charge on any atom is -0.0625 e. The highest BCUT2D eigenvalue weighted by Gasteiger charge is 2.34. The molecule has 2 saturated carbocycles. The van der Waals surface area contributed by atoms with Crippen molar-refractivity contribution in [2.45, 2.75) is 39.0 Å². The second-order valence-corrected chi connectivity index (χ2v) is 4.03. The number of rotatable bonds is 0. The fraction of sp³-hybridized carbons (Fsp3) is 1.00. The maximum atomic E-state index is 2.42. The van der Waals surface area contributed by atoms with E-state index in [-0.39, 0.29) is 0 Å². The van der Waals surface area contributed by atoms with Gasteiger partial charge >= 0.3 is 0 Å². The average Bonchev–Trinajstić information content (AvgIpc) is 2.22. The summed E-state index contributed by atoms with van der Waals surface area (Å²) in [5.41, 5.74) is 0. The van der Waals surface area contributed by atoms with Crippen molar-refractivity contribution in [3.05, 3.63) is 0 Å². The van der Waals surface area contributed by atoms with Gasteiger partial charge in [-0.05, 0) is 30.6 Å². The molecule has 0 heterocycles. The topological polar surface area (TPSA) is 0 Å². The van der Waals surface area contributed by atoms with E-state index in [9.17, 15) is 0 Å². The quantitative estimate of drug-likeness (QED) is 0.466. The van der Waals surface area contributed by atoms with Crippen LogP contribution in [0.4, 0.5) is 0 Å². The van der Waals surface area contributed by atoms with E-state index in [2.05, 4.69) is 6.92 Å². The summed E-state index contributed by atoms with van der Waals surface area (Å²) in [6.07, 6.45) is 7.72. The van der Waals surface area contributed by atoms with Gasteiger partial charge in [-0.15, -0.1) is 0 Å². The Balaban J connectivity index is 2.02. The van der Waals surface area contributed by atoms with Gasteiger partial charge in [-0.2, -0.15) is 0 Å². The van der Waals surface area contributed by atoms with Crippen molar-refractivity contribution in [3.63, 3.8) is 0 Å². The van der Waals surface area contributed by atoms with E-state index in [0.717, 1.165) is 17.8 Å². The fourth-order valence-corrected chi connectivity index (χ4v) is 2.86. The highest BCUT2D eigenvalue weighted by molar-refractivity contribution is 4.85. The highest BCUT2D eigenvalue weighted by Crippen LogP contribution is 2.46. The van der Waals surface area contributed by atoms with Gasteiger partial charge < -0.3 is 0 Å². The van der Waals surface area contributed by atoms with Crippen LogP contribution in [0.15, 0.2) is 0 Å². The molecule has 2 fully saturated rings. The molecule has 2 aliphatic rings. The molecule has 2 rings (SSSR count). The Morgan fingerprint density at radius 1 is 1.00 bits per heavy atom. The zero-order valence-electron chi connectivity index (χ0n) is 6.27. The first kappa shape index (κ1) is 5.76. The summed E-state index contributed by atoms with van der Waals surface area (Å²) < 4.78 is 0. The first-order valence-electron chi connectivity index (χ1n) is 4.36. The Labute approximate surface area is 57.6 Å². The van der Waals surface area contributed by atoms with Gasteiger partial charge in [-0.1, -0.05) is 26.2 Å². The van der Waals surface area contributed by atoms with Gasteiger partial charge in [0.2, 0.25) is 0 Å². The summed E-state index contributed by atoms with van der Waals surface area (Å²) in [5.74, 6) is 3.36. The molecule has 0 radical (unpaired) electrons. The lowest BCUT2D eigenvalue weighted by atomic mass is 10.0. The van der Waals surface area contributed by atoms with E-state index in [1.165, 1.54) is 6.42 Å². The molecule has 9 heavy (non-hydrogen) atoms. The second-order valence-electron chi connectivity index (χ2n) is 4.03. The van der Waals surface area contributed by atoms with Gasteiger partial charge in [-0.3, -0.25) is 0 Å². The highest BCUT2D eigenvalue weighted by atomic mass is 14.4. The Kier molecular flexibility index (Phi) is 1.28. The molecule has 2 unspecified atom stereocenters. The van der Waals surface area contributed by atoms with Crippen molar-refractivity contribution >= 4 is 0 Å². The summed E-state index contributed by atoms with van der Waals surface area (Å²) >= 11 is 0. The smallest absolute Gasteiger partial charge is 0.0383 e. The Bertz CT molecular complexity index is 94.6. The van der Waals surface area contributed by atoms with Crippen molar-refractivity contribution in [1.29, 1.82) is 0 Å². The predicted octanol–water partition coefficient (Wildman–Crippen LogP) is 2.83. The van der Waals surface area contributed by atoms with Crippen molar-refractivity contribution in [3.8, 4) is 0 Å². The summed E-state index contributed by atoms with van der Waals surface area (Å²) in [4.78, 5) is 0. The molecule has 52 valence electrons. The van der Waals surface area contributed by atoms with Gasteiger partial charge in [0.15, 0.2) is 0 Å². The molecule has 0 saturated heterocycles. The lowest BCUT2D eigenvalue weighted by Gasteiger charge is -2.04. The minimum atomic E-state index is 1.06. The summed E-state index contributed by atoms with van der Waals surface area (Å²) in [6, 6.07) is 0. The fourth-order valence-electron chi connectivity index (χ4n) is 2.86. The maximum absolute atomic E-state index is 2.42. The first-order valence-corrected chi connectivity index (χ1v) is 4.36. The predicted molar refractivity (Wildman–Crippen MR) is 39.2 cm³/mol. The molecule has 0 spiro atoms. The normalized spacial score (nSPS) is 49.7. The third-order valence-electron chi connectivity index (χ3n) is 3.23. The van der Waals surface area contributed by atoms with Crippen molar-refractivity contribution < 1.29 is 0 Å². The molecule has 0 aliphatic heterocycles. The Morgan fingerprint density at radius 2 is 1.56 bits per heavy atom. The Hall–Kier alpha value is 0. The van der Waals surface area contributed by atoms with Gasteiger partial charge in [0.1, 0.15) is 0 Å². The van der Waals surface area contributed by atoms with Crippen LogP contribution in [0.2, 0.25) is 0 Å². The van der Waals surface area contributed by atoms with Crippen LogP contribution in [-0.4, -0.2) is 0 Å². The van der Waals surface area contributed by atoms with Crippen LogP contribution in [0.25, 0.3) is 0 Å². The van der Waals surface area contributed by atoms with Crippen LogP contribution in [0.3, 0.4) is 0 Å². The van der Waals surface area contributed by atoms with Gasteiger partial charge in [0, 0.05) is 0 Å². The van der Waals surface area contributed by atoms with Crippen molar-refractivity contribution in [1.82, 2.24) is 0 Å². The molecular weight excluding hydrogens is 108 g/mol. The molecule has 0 N–H and O–H groups in total. The summed E-state index contributed by atoms with van der Waals surface area (Å²) in [6.45, 7) is 2.42. The van der Waals surface area contributed by atoms with Crippen LogP contribution < -0.4 is 0 Å². The van der Waals surface area contributed by atoms with E-state index >= 15 is 0 Å². The molecule has 0 aromatic heterocycles. The first-order chi connectivity index (χ1) is 4.36. The zero-order valence-corrected chi connectivity index (χ0v) is 6.27. The largest absolute Gasteiger partial charge is 0.0625 e. The van der Waals surface area contributed by atoms with Crippen LogP contribution >= 0.6 is 0 Å². The van der Waals surface area contributed by atoms with Crippen LogP contribution in [-0.2, 0) is 0 Å². The van der Waals surface area contributed by atoms with Gasteiger partial charge in [0.05, 0.1) is 0 Å². The third-order valence-corrected chi connectivity index (χ3v) is 3.23. The number of hydrogen-bond donors (Lipinski definition) is 0. The molecular formula is C9H16. The van der Waals surface area contributed by atoms with Gasteiger partial charge in [-0.25, -0.2) is 0 Å². The maximum Gasteiger partial charge on any atom is -0.0383 e. The lowest BCUT2D eigenvalue weighted by molar-refractivity contribution is 0.457.